The number of benzene rings is 2. The molecule has 0 heterocycles. The van der Waals surface area contributed by atoms with Crippen LogP contribution >= 0.6 is 0 Å². The Morgan fingerprint density at radius 3 is 1.62 bits per heavy atom. The molecule has 0 fully saturated rings. The summed E-state index contributed by atoms with van der Waals surface area (Å²) in [6.45, 7) is 18.8. The molecule has 0 radical (unpaired) electrons. The van der Waals surface area contributed by atoms with E-state index in [0.717, 1.165) is 0 Å². The first-order valence-electron chi connectivity index (χ1n) is 10.7. The van der Waals surface area contributed by atoms with Gasteiger partial charge >= 0.3 is 41.9 Å². The van der Waals surface area contributed by atoms with Gasteiger partial charge in [0.05, 0.1) is 0 Å². The van der Waals surface area contributed by atoms with Crippen molar-refractivity contribution in [1.82, 2.24) is 0 Å². The Hall–Kier alpha value is -0.0962. The molecular weight excluding hydrogens is 559 g/mol. The van der Waals surface area contributed by atoms with Crippen LogP contribution in [0.15, 0.2) is 72.4 Å². The summed E-state index contributed by atoms with van der Waals surface area (Å²) in [5.41, 5.74) is 2.54. The van der Waals surface area contributed by atoms with Crippen molar-refractivity contribution >= 4 is 43.1 Å². The van der Waals surface area contributed by atoms with E-state index in [9.17, 15) is 0 Å². The second-order valence-electron chi connectivity index (χ2n) is 10.2. The molecule has 3 aromatic carbocycles. The van der Waals surface area contributed by atoms with E-state index in [1.54, 1.807) is 23.3 Å². The van der Waals surface area contributed by atoms with Gasteiger partial charge in [0, 0.05) is 8.07 Å². The molecule has 0 amide bonds. The van der Waals surface area contributed by atoms with Gasteiger partial charge in [-0.25, -0.2) is 11.8 Å². The third-order valence-corrected chi connectivity index (χ3v) is 6.63. The minimum atomic E-state index is -1.00. The normalized spacial score (nSPS) is 11.3. The first-order valence-corrected chi connectivity index (χ1v) is 24.2. The van der Waals surface area contributed by atoms with Gasteiger partial charge in [0.1, 0.15) is 0 Å². The molecule has 0 aliphatic heterocycles. The third-order valence-electron chi connectivity index (χ3n) is 4.03. The van der Waals surface area contributed by atoms with Gasteiger partial charge < -0.3 is 24.8 Å². The van der Waals surface area contributed by atoms with E-state index < -0.39 is 16.1 Å². The molecule has 6 heteroatoms. The van der Waals surface area contributed by atoms with Gasteiger partial charge in [0.2, 0.25) is 0 Å². The number of rotatable bonds is 4. The molecule has 0 atom stereocenters. The first-order chi connectivity index (χ1) is 13.9. The van der Waals surface area contributed by atoms with Crippen LogP contribution in [0.3, 0.4) is 0 Å². The summed E-state index contributed by atoms with van der Waals surface area (Å²) in [5.74, 6) is 0. The number of allylic oxidation sites excluding steroid dienone is 3. The van der Waals surface area contributed by atoms with E-state index in [4.69, 9.17) is 0 Å². The van der Waals surface area contributed by atoms with Crippen LogP contribution in [0.25, 0.3) is 21.5 Å². The Bertz CT molecular complexity index is 939. The topological polar surface area (TPSA) is 0 Å². The molecule has 0 aliphatic rings. The summed E-state index contributed by atoms with van der Waals surface area (Å²) in [6.07, 6.45) is 7.56. The van der Waals surface area contributed by atoms with Crippen molar-refractivity contribution in [1.29, 1.82) is 0 Å². The molecule has 0 unspecified atom stereocenters. The van der Waals surface area contributed by atoms with Crippen molar-refractivity contribution in [3.8, 4) is 0 Å². The zero-order valence-electron chi connectivity index (χ0n) is 20.9. The van der Waals surface area contributed by atoms with Gasteiger partial charge in [-0.1, -0.05) is 81.7 Å². The van der Waals surface area contributed by atoms with Crippen molar-refractivity contribution in [3.63, 3.8) is 0 Å². The molecule has 0 spiro atoms. The summed E-state index contributed by atoms with van der Waals surface area (Å²) in [7, 11) is -1.90. The van der Waals surface area contributed by atoms with Gasteiger partial charge in [-0.15, -0.1) is 39.7 Å². The van der Waals surface area contributed by atoms with Crippen molar-refractivity contribution in [3.05, 3.63) is 78.5 Å². The summed E-state index contributed by atoms with van der Waals surface area (Å²) in [5, 5.41) is 5.39. The Morgan fingerprint density at radius 2 is 1.25 bits per heavy atom. The molecular formula is C26H38Cl2Si3Zr-2. The third kappa shape index (κ3) is 15.7. The predicted octanol–water partition coefficient (Wildman–Crippen LogP) is 2.62. The van der Waals surface area contributed by atoms with Gasteiger partial charge in [-0.05, 0) is 8.07 Å². The fraction of sp³-hybridized carbons (Fsp3) is 0.346. The fourth-order valence-electron chi connectivity index (χ4n) is 2.64. The molecule has 3 rings (SSSR count). The molecule has 32 heavy (non-hydrogen) atoms. The monoisotopic (exact) mass is 594 g/mol. The Morgan fingerprint density at radius 1 is 0.844 bits per heavy atom. The van der Waals surface area contributed by atoms with Crippen LogP contribution in [0.2, 0.25) is 58.4 Å². The van der Waals surface area contributed by atoms with Gasteiger partial charge in [-0.3, -0.25) is 6.08 Å². The zero-order valence-corrected chi connectivity index (χ0v) is 27.9. The summed E-state index contributed by atoms with van der Waals surface area (Å²) < 4.78 is 0. The number of hydrogen-bond donors (Lipinski definition) is 0. The van der Waals surface area contributed by atoms with Crippen molar-refractivity contribution in [2.24, 2.45) is 0 Å². The number of halogens is 2. The van der Waals surface area contributed by atoms with Crippen LogP contribution in [0.5, 0.6) is 0 Å². The largest absolute Gasteiger partial charge is 1.00 e. The summed E-state index contributed by atoms with van der Waals surface area (Å²) in [6, 6.07) is 20.5. The second-order valence-corrected chi connectivity index (χ2v) is 30.1. The maximum atomic E-state index is 3.26. The van der Waals surface area contributed by atoms with E-state index in [2.05, 4.69) is 131 Å². The Labute approximate surface area is 226 Å². The van der Waals surface area contributed by atoms with Crippen LogP contribution in [0, 0.1) is 6.08 Å². The van der Waals surface area contributed by atoms with Crippen molar-refractivity contribution in [2.45, 2.75) is 58.4 Å². The molecule has 174 valence electrons. The quantitative estimate of drug-likeness (QED) is 0.247. The average molecular weight is 597 g/mol. The molecule has 0 N–H and O–H groups in total. The van der Waals surface area contributed by atoms with Crippen LogP contribution < -0.4 is 24.8 Å². The van der Waals surface area contributed by atoms with Crippen molar-refractivity contribution < 1.29 is 48.1 Å². The molecule has 0 saturated heterocycles. The Kier molecular flexibility index (Phi) is 17.6. The van der Waals surface area contributed by atoms with E-state index in [-0.39, 0.29) is 30.2 Å². The minimum absolute atomic E-state index is 0. The number of hydrogen-bond acceptors (Lipinski definition) is 0. The average Bonchev–Trinajstić information content (AvgIpc) is 2.98. The van der Waals surface area contributed by atoms with Crippen LogP contribution in [-0.4, -0.2) is 21.6 Å². The molecule has 0 bridgehead atoms. The maximum absolute atomic E-state index is 3.26. The van der Waals surface area contributed by atoms with Gasteiger partial charge in [-0.2, -0.15) is 6.08 Å². The first kappa shape index (κ1) is 34.1. The van der Waals surface area contributed by atoms with Gasteiger partial charge in [0.25, 0.3) is 0 Å². The van der Waals surface area contributed by atoms with Crippen molar-refractivity contribution in [2.75, 3.05) is 0 Å². The summed E-state index contributed by atoms with van der Waals surface area (Å²) in [4.78, 5) is 0. The Balaban J connectivity index is 0. The van der Waals surface area contributed by atoms with Crippen LogP contribution in [0.4, 0.5) is 0 Å². The molecule has 0 saturated carbocycles. The fourth-order valence-corrected chi connectivity index (χ4v) is 3.96. The van der Waals surface area contributed by atoms with E-state index in [1.807, 2.05) is 0 Å². The number of fused-ring (bicyclic) bond motifs is 3. The summed E-state index contributed by atoms with van der Waals surface area (Å²) >= 11 is 1.74. The molecule has 0 nitrogen and oxygen atoms in total. The minimum Gasteiger partial charge on any atom is -1.00 e. The SMILES string of the molecule is C[Si](C)(C)C=C[C-]=CC[Si](C)(C)C.C[Si](C)=[Zr+2].[Cl-].[Cl-].c1ccc2c(c1)[cH-]c1ccccc12. The van der Waals surface area contributed by atoms with E-state index >= 15 is 0 Å². The maximum Gasteiger partial charge on any atom is -0.0771 e. The predicted molar refractivity (Wildman–Crippen MR) is 143 cm³/mol. The standard InChI is InChI=1S/C13H9.C11H23Si2.C2H6Si.2ClH.Zr/c1-3-7-12-10(5-1)9-11-6-2-4-8-13(11)12;1-12(2,3)10-8-7-9-11-13(4,5)6;1-3-2;;;/h1-9H;8-10H,11H2,1-6H3;1-2H3;2*1H;/q2*-1;;;;+2/p-2. The van der Waals surface area contributed by atoms with Gasteiger partial charge in [0.15, 0.2) is 0 Å². The van der Waals surface area contributed by atoms with E-state index in [0.29, 0.717) is 0 Å². The second kappa shape index (κ2) is 16.5. The molecule has 0 aliphatic carbocycles. The smallest absolute Gasteiger partial charge is 0.0771 e. The van der Waals surface area contributed by atoms with Crippen LogP contribution in [-0.2, 0) is 23.3 Å². The zero-order chi connectivity index (χ0) is 22.8. The molecule has 3 aromatic rings. The van der Waals surface area contributed by atoms with Crippen LogP contribution in [0.1, 0.15) is 0 Å². The molecule has 0 aromatic heterocycles. The van der Waals surface area contributed by atoms with E-state index in [1.165, 1.54) is 27.6 Å².